The molecule has 1 aromatic heterocycles. The van der Waals surface area contributed by atoms with Crippen LogP contribution in [0.2, 0.25) is 0 Å². The molecule has 0 aliphatic carbocycles. The standard InChI is InChI=1S/C18H26N4O3S/c1-4-22-17(19-20(2)18(22)23)15-6-5-11-21(13-15)12-14-7-9-16(10-8-14)26(3,24)25/h7-10,15H,4-6,11-13H2,1-3H3/t15-/m1/s1. The van der Waals surface area contributed by atoms with Gasteiger partial charge in [0.15, 0.2) is 9.84 Å². The van der Waals surface area contributed by atoms with Gasteiger partial charge in [0, 0.05) is 38.9 Å². The van der Waals surface area contributed by atoms with Crippen LogP contribution in [0.15, 0.2) is 34.0 Å². The van der Waals surface area contributed by atoms with Crippen molar-refractivity contribution < 1.29 is 8.42 Å². The summed E-state index contributed by atoms with van der Waals surface area (Å²) in [5.41, 5.74) is 1.03. The lowest BCUT2D eigenvalue weighted by Crippen LogP contribution is -2.35. The fraction of sp³-hybridized carbons (Fsp3) is 0.556. The van der Waals surface area contributed by atoms with Crippen LogP contribution in [0, 0.1) is 0 Å². The molecule has 2 aromatic rings. The molecule has 1 aromatic carbocycles. The number of benzene rings is 1. The van der Waals surface area contributed by atoms with Gasteiger partial charge in [-0.1, -0.05) is 12.1 Å². The predicted octanol–water partition coefficient (Wildman–Crippen LogP) is 1.38. The van der Waals surface area contributed by atoms with E-state index in [-0.39, 0.29) is 11.6 Å². The molecule has 0 amide bonds. The number of aromatic nitrogens is 3. The van der Waals surface area contributed by atoms with Crippen molar-refractivity contribution >= 4 is 9.84 Å². The normalized spacial score (nSPS) is 19.0. The quantitative estimate of drug-likeness (QED) is 0.786. The first-order chi connectivity index (χ1) is 12.3. The number of aryl methyl sites for hydroxylation is 1. The highest BCUT2D eigenvalue weighted by atomic mass is 32.2. The van der Waals surface area contributed by atoms with Gasteiger partial charge in [0.25, 0.3) is 0 Å². The highest BCUT2D eigenvalue weighted by molar-refractivity contribution is 7.90. The molecule has 1 atom stereocenters. The number of sulfone groups is 1. The molecular weight excluding hydrogens is 352 g/mol. The van der Waals surface area contributed by atoms with Gasteiger partial charge in [0.05, 0.1) is 4.90 Å². The monoisotopic (exact) mass is 378 g/mol. The second kappa shape index (κ2) is 7.36. The summed E-state index contributed by atoms with van der Waals surface area (Å²) in [6.07, 6.45) is 3.30. The van der Waals surface area contributed by atoms with E-state index in [1.165, 1.54) is 10.9 Å². The van der Waals surface area contributed by atoms with Crippen LogP contribution >= 0.6 is 0 Å². The SMILES string of the molecule is CCn1c([C@@H]2CCCN(Cc3ccc(S(C)(=O)=O)cc3)C2)nn(C)c1=O. The Bertz CT molecular complexity index is 928. The van der Waals surface area contributed by atoms with Crippen LogP contribution in [0.3, 0.4) is 0 Å². The number of nitrogens with zero attached hydrogens (tertiary/aromatic N) is 4. The molecule has 0 radical (unpaired) electrons. The zero-order valence-corrected chi connectivity index (χ0v) is 16.4. The second-order valence-electron chi connectivity index (χ2n) is 7.00. The van der Waals surface area contributed by atoms with Gasteiger partial charge in [-0.3, -0.25) is 9.47 Å². The molecule has 8 heteroatoms. The van der Waals surface area contributed by atoms with E-state index >= 15 is 0 Å². The zero-order valence-electron chi connectivity index (χ0n) is 15.6. The fourth-order valence-electron chi connectivity index (χ4n) is 3.63. The molecule has 0 bridgehead atoms. The first-order valence-electron chi connectivity index (χ1n) is 8.94. The number of hydrogen-bond acceptors (Lipinski definition) is 5. The van der Waals surface area contributed by atoms with Gasteiger partial charge in [0.2, 0.25) is 0 Å². The molecule has 26 heavy (non-hydrogen) atoms. The van der Waals surface area contributed by atoms with E-state index < -0.39 is 9.84 Å². The summed E-state index contributed by atoms with van der Waals surface area (Å²) in [5, 5.41) is 4.46. The lowest BCUT2D eigenvalue weighted by molar-refractivity contribution is 0.194. The zero-order chi connectivity index (χ0) is 18.9. The second-order valence-corrected chi connectivity index (χ2v) is 9.01. The largest absolute Gasteiger partial charge is 0.345 e. The predicted molar refractivity (Wildman–Crippen MR) is 99.9 cm³/mol. The van der Waals surface area contributed by atoms with Crippen molar-refractivity contribution in [1.82, 2.24) is 19.2 Å². The van der Waals surface area contributed by atoms with Gasteiger partial charge in [0.1, 0.15) is 5.82 Å². The summed E-state index contributed by atoms with van der Waals surface area (Å²) in [5.74, 6) is 1.12. The van der Waals surface area contributed by atoms with E-state index in [0.29, 0.717) is 11.4 Å². The third-order valence-electron chi connectivity index (χ3n) is 4.98. The molecule has 1 fully saturated rings. The van der Waals surface area contributed by atoms with E-state index in [2.05, 4.69) is 10.00 Å². The number of piperidine rings is 1. The molecule has 0 saturated carbocycles. The smallest absolute Gasteiger partial charge is 0.298 e. The van der Waals surface area contributed by atoms with E-state index in [1.54, 1.807) is 23.7 Å². The maximum atomic E-state index is 12.1. The number of likely N-dealkylation sites (tertiary alicyclic amines) is 1. The minimum atomic E-state index is -3.16. The van der Waals surface area contributed by atoms with Crippen molar-refractivity contribution in [2.45, 2.75) is 43.7 Å². The van der Waals surface area contributed by atoms with Crippen LogP contribution in [-0.4, -0.2) is 47.0 Å². The van der Waals surface area contributed by atoms with Gasteiger partial charge >= 0.3 is 5.69 Å². The Labute approximate surface area is 154 Å². The van der Waals surface area contributed by atoms with Crippen LogP contribution in [0.1, 0.15) is 37.1 Å². The first-order valence-corrected chi connectivity index (χ1v) is 10.8. The van der Waals surface area contributed by atoms with Crippen molar-refractivity contribution in [3.05, 3.63) is 46.1 Å². The van der Waals surface area contributed by atoms with Crippen LogP contribution in [0.5, 0.6) is 0 Å². The first kappa shape index (κ1) is 18.8. The molecule has 1 saturated heterocycles. The highest BCUT2D eigenvalue weighted by Crippen LogP contribution is 2.26. The average molecular weight is 378 g/mol. The van der Waals surface area contributed by atoms with Crippen molar-refractivity contribution in [1.29, 1.82) is 0 Å². The van der Waals surface area contributed by atoms with Gasteiger partial charge < -0.3 is 0 Å². The summed E-state index contributed by atoms with van der Waals surface area (Å²) < 4.78 is 26.3. The molecule has 3 rings (SSSR count). The van der Waals surface area contributed by atoms with E-state index in [9.17, 15) is 13.2 Å². The van der Waals surface area contributed by atoms with Crippen LogP contribution < -0.4 is 5.69 Å². The minimum Gasteiger partial charge on any atom is -0.298 e. The highest BCUT2D eigenvalue weighted by Gasteiger charge is 2.26. The molecule has 0 N–H and O–H groups in total. The van der Waals surface area contributed by atoms with E-state index in [0.717, 1.165) is 43.9 Å². The molecule has 7 nitrogen and oxygen atoms in total. The summed E-state index contributed by atoms with van der Waals surface area (Å²) in [4.78, 5) is 14.8. The maximum Gasteiger partial charge on any atom is 0.345 e. The Kier molecular flexibility index (Phi) is 5.34. The Morgan fingerprint density at radius 1 is 1.23 bits per heavy atom. The lowest BCUT2D eigenvalue weighted by atomic mass is 9.96. The molecule has 0 spiro atoms. The summed E-state index contributed by atoms with van der Waals surface area (Å²) in [7, 11) is -1.47. The molecule has 1 aliphatic rings. The van der Waals surface area contributed by atoms with Gasteiger partial charge in [-0.25, -0.2) is 17.9 Å². The third-order valence-corrected chi connectivity index (χ3v) is 6.11. The van der Waals surface area contributed by atoms with E-state index in [4.69, 9.17) is 0 Å². The minimum absolute atomic E-state index is 0.0593. The van der Waals surface area contributed by atoms with E-state index in [1.807, 2.05) is 19.1 Å². The van der Waals surface area contributed by atoms with Crippen molar-refractivity contribution in [3.63, 3.8) is 0 Å². The Hall–Kier alpha value is -1.93. The third kappa shape index (κ3) is 3.91. The number of hydrogen-bond donors (Lipinski definition) is 0. The summed E-state index contributed by atoms with van der Waals surface area (Å²) in [6, 6.07) is 7.09. The van der Waals surface area contributed by atoms with Gasteiger partial charge in [-0.15, -0.1) is 0 Å². The van der Waals surface area contributed by atoms with Crippen molar-refractivity contribution in [2.75, 3.05) is 19.3 Å². The van der Waals surface area contributed by atoms with Crippen LogP contribution in [0.4, 0.5) is 0 Å². The molecule has 0 unspecified atom stereocenters. The molecule has 142 valence electrons. The van der Waals surface area contributed by atoms with Gasteiger partial charge in [-0.2, -0.15) is 5.10 Å². The fourth-order valence-corrected chi connectivity index (χ4v) is 4.26. The summed E-state index contributed by atoms with van der Waals surface area (Å²) >= 11 is 0. The van der Waals surface area contributed by atoms with Crippen molar-refractivity contribution in [2.24, 2.45) is 7.05 Å². The van der Waals surface area contributed by atoms with Crippen LogP contribution in [0.25, 0.3) is 0 Å². The number of rotatable bonds is 5. The van der Waals surface area contributed by atoms with Gasteiger partial charge in [-0.05, 0) is 44.0 Å². The van der Waals surface area contributed by atoms with Crippen LogP contribution in [-0.2, 0) is 30.0 Å². The molecule has 1 aliphatic heterocycles. The topological polar surface area (TPSA) is 77.2 Å². The molecular formula is C18H26N4O3S. The Morgan fingerprint density at radius 3 is 2.54 bits per heavy atom. The lowest BCUT2D eigenvalue weighted by Gasteiger charge is -2.32. The summed E-state index contributed by atoms with van der Waals surface area (Å²) in [6.45, 7) is 5.21. The molecule has 2 heterocycles. The maximum absolute atomic E-state index is 12.1. The average Bonchev–Trinajstić information content (AvgIpc) is 2.89. The Balaban J connectivity index is 1.73. The van der Waals surface area contributed by atoms with Crippen molar-refractivity contribution in [3.8, 4) is 0 Å². The Morgan fingerprint density at radius 2 is 1.92 bits per heavy atom.